The quantitative estimate of drug-likeness (QED) is 0.302. The van der Waals surface area contributed by atoms with Crippen LogP contribution in [0.2, 0.25) is 10.0 Å². The molecule has 0 saturated carbocycles. The van der Waals surface area contributed by atoms with E-state index in [0.717, 1.165) is 11.1 Å². The van der Waals surface area contributed by atoms with Crippen molar-refractivity contribution in [2.75, 3.05) is 6.79 Å². The summed E-state index contributed by atoms with van der Waals surface area (Å²) in [6, 6.07) is 17.9. The summed E-state index contributed by atoms with van der Waals surface area (Å²) >= 11 is 12.7. The zero-order chi connectivity index (χ0) is 23.8. The van der Waals surface area contributed by atoms with Crippen LogP contribution < -0.4 is 9.47 Å². The van der Waals surface area contributed by atoms with Gasteiger partial charge in [0, 0.05) is 16.1 Å². The predicted octanol–water partition coefficient (Wildman–Crippen LogP) is 6.71. The Bertz CT molecular complexity index is 1440. The molecule has 0 atom stereocenters. The number of hydrogen-bond donors (Lipinski definition) is 2. The van der Waals surface area contributed by atoms with Crippen LogP contribution in [0, 0.1) is 6.92 Å². The Balaban J connectivity index is 1.69. The lowest BCUT2D eigenvalue weighted by atomic mass is 10.0. The number of nitrogens with zero attached hydrogens (tertiary/aromatic N) is 1. The summed E-state index contributed by atoms with van der Waals surface area (Å²) < 4.78 is 10.9. The van der Waals surface area contributed by atoms with Crippen LogP contribution in [0.1, 0.15) is 17.0 Å². The monoisotopic (exact) mass is 492 g/mol. The number of fused-ring (bicyclic) bond motifs is 1. The highest BCUT2D eigenvalue weighted by atomic mass is 35.5. The zero-order valence-corrected chi connectivity index (χ0v) is 19.4. The molecule has 0 unspecified atom stereocenters. The molecule has 0 bridgehead atoms. The van der Waals surface area contributed by atoms with E-state index >= 15 is 0 Å². The molecule has 6 nitrogen and oxygen atoms in total. The number of aryl methyl sites for hydroxylation is 1. The van der Waals surface area contributed by atoms with Crippen molar-refractivity contribution in [3.05, 3.63) is 87.7 Å². The van der Waals surface area contributed by atoms with Crippen LogP contribution in [0.5, 0.6) is 11.5 Å². The summed E-state index contributed by atoms with van der Waals surface area (Å²) in [6.07, 6.45) is 1.51. The van der Waals surface area contributed by atoms with Crippen LogP contribution in [0.3, 0.4) is 0 Å². The second kappa shape index (κ2) is 8.89. The van der Waals surface area contributed by atoms with Gasteiger partial charge in [-0.1, -0.05) is 53.0 Å². The molecule has 0 radical (unpaired) electrons. The number of ether oxygens (including phenoxy) is 2. The van der Waals surface area contributed by atoms with E-state index in [9.17, 15) is 9.90 Å². The third-order valence-electron chi connectivity index (χ3n) is 5.44. The molecule has 2 heterocycles. The van der Waals surface area contributed by atoms with E-state index in [1.165, 1.54) is 6.08 Å². The second-order valence-corrected chi connectivity index (χ2v) is 8.61. The highest BCUT2D eigenvalue weighted by Crippen LogP contribution is 2.40. The number of rotatable bonds is 5. The minimum absolute atomic E-state index is 0.106. The molecule has 0 aliphatic carbocycles. The lowest BCUT2D eigenvalue weighted by Crippen LogP contribution is -2.00. The van der Waals surface area contributed by atoms with Gasteiger partial charge in [0.2, 0.25) is 6.79 Å². The summed E-state index contributed by atoms with van der Waals surface area (Å²) in [4.78, 5) is 20.0. The van der Waals surface area contributed by atoms with E-state index in [4.69, 9.17) is 37.7 Å². The zero-order valence-electron chi connectivity index (χ0n) is 17.9. The Morgan fingerprint density at radius 2 is 1.79 bits per heavy atom. The Kier molecular flexibility index (Phi) is 5.77. The number of imidazole rings is 1. The van der Waals surface area contributed by atoms with Gasteiger partial charge in [-0.15, -0.1) is 0 Å². The topological polar surface area (TPSA) is 84.4 Å². The first-order chi connectivity index (χ1) is 16.4. The fourth-order valence-corrected chi connectivity index (χ4v) is 4.12. The van der Waals surface area contributed by atoms with E-state index < -0.39 is 5.97 Å². The average molecular weight is 493 g/mol. The molecule has 2 N–H and O–H groups in total. The molecule has 0 amide bonds. The Morgan fingerprint density at radius 1 is 1.03 bits per heavy atom. The van der Waals surface area contributed by atoms with Crippen LogP contribution >= 0.6 is 23.2 Å². The molecule has 3 aromatic carbocycles. The lowest BCUT2D eigenvalue weighted by molar-refractivity contribution is -0.130. The number of aliphatic carboxylic acids is 1. The number of halogens is 2. The molecule has 1 aliphatic rings. The van der Waals surface area contributed by atoms with E-state index in [-0.39, 0.29) is 12.4 Å². The number of aromatic amines is 1. The van der Waals surface area contributed by atoms with Gasteiger partial charge < -0.3 is 19.6 Å². The SMILES string of the molecule is Cc1ccc(/C(=C\c2nc(-c3ccc4c(c3)OCO4)c(-c3cc(Cl)ccc3Cl)[nH]2)C(=O)O)cc1. The second-order valence-electron chi connectivity index (χ2n) is 7.77. The van der Waals surface area contributed by atoms with Crippen LogP contribution in [-0.2, 0) is 4.79 Å². The first-order valence-electron chi connectivity index (χ1n) is 10.4. The standard InChI is InChI=1S/C26H18Cl2N2O4/c1-14-2-4-15(5-3-14)18(26(31)32)12-23-29-24(16-6-9-21-22(10-16)34-13-33-21)25(30-23)19-11-17(27)7-8-20(19)28/h2-12H,13H2,1H3,(H,29,30)(H,31,32)/b18-12+. The number of benzene rings is 3. The molecule has 0 fully saturated rings. The first-order valence-corrected chi connectivity index (χ1v) is 11.1. The predicted molar refractivity (Wildman–Crippen MR) is 132 cm³/mol. The van der Waals surface area contributed by atoms with E-state index in [0.29, 0.717) is 49.9 Å². The van der Waals surface area contributed by atoms with Crippen LogP contribution in [0.4, 0.5) is 0 Å². The van der Waals surface area contributed by atoms with E-state index in [1.54, 1.807) is 36.4 Å². The number of aromatic nitrogens is 2. The van der Waals surface area contributed by atoms with Crippen LogP contribution in [0.25, 0.3) is 34.2 Å². The molecular formula is C26H18Cl2N2O4. The van der Waals surface area contributed by atoms with Crippen molar-refractivity contribution in [3.8, 4) is 34.0 Å². The molecule has 34 heavy (non-hydrogen) atoms. The van der Waals surface area contributed by atoms with Crippen LogP contribution in [-0.4, -0.2) is 27.8 Å². The summed E-state index contributed by atoms with van der Waals surface area (Å²) in [6.45, 7) is 2.10. The average Bonchev–Trinajstić information content (AvgIpc) is 3.46. The minimum atomic E-state index is -1.06. The van der Waals surface area contributed by atoms with Crippen molar-refractivity contribution in [1.82, 2.24) is 9.97 Å². The van der Waals surface area contributed by atoms with Gasteiger partial charge in [0.15, 0.2) is 11.5 Å². The van der Waals surface area contributed by atoms with Crippen LogP contribution in [0.15, 0.2) is 60.7 Å². The molecule has 170 valence electrons. The third-order valence-corrected chi connectivity index (χ3v) is 6.00. The van der Waals surface area contributed by atoms with Crippen molar-refractivity contribution < 1.29 is 19.4 Å². The Labute approximate surface area is 205 Å². The van der Waals surface area contributed by atoms with Gasteiger partial charge in [0.1, 0.15) is 5.82 Å². The molecule has 8 heteroatoms. The number of hydrogen-bond acceptors (Lipinski definition) is 4. The van der Waals surface area contributed by atoms with Gasteiger partial charge in [0.05, 0.1) is 22.0 Å². The lowest BCUT2D eigenvalue weighted by Gasteiger charge is -2.07. The maximum Gasteiger partial charge on any atom is 0.336 e. The normalized spacial score (nSPS) is 12.7. The molecule has 0 saturated heterocycles. The molecule has 5 rings (SSSR count). The maximum absolute atomic E-state index is 12.1. The fourth-order valence-electron chi connectivity index (χ4n) is 3.74. The van der Waals surface area contributed by atoms with Crippen molar-refractivity contribution in [2.45, 2.75) is 6.92 Å². The van der Waals surface area contributed by atoms with Gasteiger partial charge >= 0.3 is 5.97 Å². The van der Waals surface area contributed by atoms with Gasteiger partial charge in [-0.05, 0) is 55.0 Å². The highest BCUT2D eigenvalue weighted by molar-refractivity contribution is 6.35. The first kappa shape index (κ1) is 22.1. The molecular weight excluding hydrogens is 475 g/mol. The number of nitrogens with one attached hydrogen (secondary N) is 1. The number of carboxylic acid groups (broad SMARTS) is 1. The van der Waals surface area contributed by atoms with Gasteiger partial charge in [-0.25, -0.2) is 9.78 Å². The Hall–Kier alpha value is -3.74. The highest BCUT2D eigenvalue weighted by Gasteiger charge is 2.21. The largest absolute Gasteiger partial charge is 0.478 e. The van der Waals surface area contributed by atoms with Crippen molar-refractivity contribution in [3.63, 3.8) is 0 Å². The summed E-state index contributed by atoms with van der Waals surface area (Å²) in [7, 11) is 0. The molecule has 0 spiro atoms. The van der Waals surface area contributed by atoms with E-state index in [1.807, 2.05) is 31.2 Å². The van der Waals surface area contributed by atoms with Gasteiger partial charge in [-0.3, -0.25) is 0 Å². The molecule has 1 aromatic heterocycles. The minimum Gasteiger partial charge on any atom is -0.478 e. The van der Waals surface area contributed by atoms with Crippen molar-refractivity contribution in [2.24, 2.45) is 0 Å². The number of carbonyl (C=O) groups is 1. The van der Waals surface area contributed by atoms with Gasteiger partial charge in [0.25, 0.3) is 0 Å². The third kappa shape index (κ3) is 4.25. The summed E-state index contributed by atoms with van der Waals surface area (Å²) in [5.74, 6) is 0.546. The fraction of sp³-hybridized carbons (Fsp3) is 0.0769. The van der Waals surface area contributed by atoms with E-state index in [2.05, 4.69) is 4.98 Å². The maximum atomic E-state index is 12.1. The Morgan fingerprint density at radius 3 is 2.56 bits per heavy atom. The number of H-pyrrole nitrogens is 1. The summed E-state index contributed by atoms with van der Waals surface area (Å²) in [5.41, 5.74) is 4.28. The van der Waals surface area contributed by atoms with Gasteiger partial charge in [-0.2, -0.15) is 0 Å². The van der Waals surface area contributed by atoms with Crippen molar-refractivity contribution >= 4 is 40.8 Å². The molecule has 4 aromatic rings. The number of carboxylic acids is 1. The smallest absolute Gasteiger partial charge is 0.336 e. The molecule has 1 aliphatic heterocycles. The summed E-state index contributed by atoms with van der Waals surface area (Å²) in [5, 5.41) is 10.9. The van der Waals surface area contributed by atoms with Crippen molar-refractivity contribution in [1.29, 1.82) is 0 Å².